The molecule has 0 aromatic heterocycles. The molecular formula is C11H16N2O4. The quantitative estimate of drug-likeness (QED) is 0.622. The maximum Gasteiger partial charge on any atom is 0.314 e. The summed E-state index contributed by atoms with van der Waals surface area (Å²) in [5.41, 5.74) is 6.27. The van der Waals surface area contributed by atoms with Crippen LogP contribution in [0.3, 0.4) is 0 Å². The average Bonchev–Trinajstić information content (AvgIpc) is 2.26. The van der Waals surface area contributed by atoms with Crippen molar-refractivity contribution in [2.75, 3.05) is 14.2 Å². The highest BCUT2D eigenvalue weighted by Gasteiger charge is 2.21. The van der Waals surface area contributed by atoms with Crippen LogP contribution in [0.15, 0.2) is 12.1 Å². The normalized spacial score (nSPS) is 12.0. The van der Waals surface area contributed by atoms with Gasteiger partial charge in [0.05, 0.1) is 25.2 Å². The number of hydrogen-bond acceptors (Lipinski definition) is 5. The van der Waals surface area contributed by atoms with Gasteiger partial charge in [-0.25, -0.2) is 0 Å². The second-order valence-corrected chi connectivity index (χ2v) is 3.78. The standard InChI is InChI=1S/C11H16N2O4/c1-7(12)4-8-5-9(16-2)6-10(13(14)15)11(8)17-3/h5-7H,4,12H2,1-3H3. The number of ether oxygens (including phenoxy) is 2. The van der Waals surface area contributed by atoms with Crippen LogP contribution in [-0.4, -0.2) is 25.2 Å². The highest BCUT2D eigenvalue weighted by atomic mass is 16.6. The number of nitrogens with two attached hydrogens (primary N) is 1. The summed E-state index contributed by atoms with van der Waals surface area (Å²) in [7, 11) is 2.86. The zero-order valence-electron chi connectivity index (χ0n) is 10.1. The van der Waals surface area contributed by atoms with Crippen molar-refractivity contribution in [2.45, 2.75) is 19.4 Å². The van der Waals surface area contributed by atoms with Gasteiger partial charge in [0.25, 0.3) is 0 Å². The third-order valence-corrected chi connectivity index (χ3v) is 2.30. The highest BCUT2D eigenvalue weighted by molar-refractivity contribution is 5.56. The lowest BCUT2D eigenvalue weighted by Crippen LogP contribution is -2.18. The summed E-state index contributed by atoms with van der Waals surface area (Å²) in [6.45, 7) is 1.82. The number of methoxy groups -OCH3 is 2. The van der Waals surface area contributed by atoms with E-state index in [-0.39, 0.29) is 17.5 Å². The van der Waals surface area contributed by atoms with Crippen LogP contribution in [0.1, 0.15) is 12.5 Å². The lowest BCUT2D eigenvalue weighted by atomic mass is 10.0. The monoisotopic (exact) mass is 240 g/mol. The van der Waals surface area contributed by atoms with Gasteiger partial charge in [-0.05, 0) is 19.4 Å². The number of nitro groups is 1. The molecule has 0 heterocycles. The summed E-state index contributed by atoms with van der Waals surface area (Å²) in [5.74, 6) is 0.668. The van der Waals surface area contributed by atoms with E-state index in [1.54, 1.807) is 6.07 Å². The first kappa shape index (κ1) is 13.2. The third-order valence-electron chi connectivity index (χ3n) is 2.30. The first-order valence-corrected chi connectivity index (χ1v) is 5.14. The molecule has 0 amide bonds. The van der Waals surface area contributed by atoms with Crippen LogP contribution in [0, 0.1) is 10.1 Å². The van der Waals surface area contributed by atoms with Gasteiger partial charge in [-0.2, -0.15) is 0 Å². The van der Waals surface area contributed by atoms with Gasteiger partial charge in [-0.3, -0.25) is 10.1 Å². The van der Waals surface area contributed by atoms with Gasteiger partial charge in [-0.1, -0.05) is 0 Å². The molecule has 1 atom stereocenters. The van der Waals surface area contributed by atoms with Crippen molar-refractivity contribution >= 4 is 5.69 Å². The van der Waals surface area contributed by atoms with Crippen molar-refractivity contribution in [1.82, 2.24) is 0 Å². The maximum atomic E-state index is 10.9. The number of hydrogen-bond donors (Lipinski definition) is 1. The molecule has 0 saturated heterocycles. The zero-order chi connectivity index (χ0) is 13.0. The van der Waals surface area contributed by atoms with Crippen LogP contribution in [0.2, 0.25) is 0 Å². The molecule has 0 aliphatic carbocycles. The van der Waals surface area contributed by atoms with Gasteiger partial charge in [0.15, 0.2) is 5.75 Å². The minimum Gasteiger partial charge on any atom is -0.496 e. The van der Waals surface area contributed by atoms with Crippen molar-refractivity contribution in [1.29, 1.82) is 0 Å². The van der Waals surface area contributed by atoms with Gasteiger partial charge < -0.3 is 15.2 Å². The lowest BCUT2D eigenvalue weighted by molar-refractivity contribution is -0.385. The minimum atomic E-state index is -0.494. The van der Waals surface area contributed by atoms with Crippen LogP contribution in [0.5, 0.6) is 11.5 Å². The first-order valence-electron chi connectivity index (χ1n) is 5.14. The fourth-order valence-electron chi connectivity index (χ4n) is 1.63. The number of nitro benzene ring substituents is 1. The van der Waals surface area contributed by atoms with E-state index in [0.29, 0.717) is 17.7 Å². The Morgan fingerprint density at radius 2 is 2.06 bits per heavy atom. The Morgan fingerprint density at radius 3 is 2.47 bits per heavy atom. The molecule has 0 fully saturated rings. The molecule has 6 heteroatoms. The van der Waals surface area contributed by atoms with E-state index < -0.39 is 4.92 Å². The summed E-state index contributed by atoms with van der Waals surface area (Å²) in [6.07, 6.45) is 0.487. The molecule has 2 N–H and O–H groups in total. The Kier molecular flexibility index (Phi) is 4.28. The Bertz CT molecular complexity index is 418. The molecule has 6 nitrogen and oxygen atoms in total. The van der Waals surface area contributed by atoms with E-state index in [1.807, 2.05) is 6.92 Å². The van der Waals surface area contributed by atoms with E-state index in [1.165, 1.54) is 20.3 Å². The van der Waals surface area contributed by atoms with Gasteiger partial charge >= 0.3 is 5.69 Å². The summed E-state index contributed by atoms with van der Waals surface area (Å²) in [5, 5.41) is 10.9. The summed E-state index contributed by atoms with van der Waals surface area (Å²) < 4.78 is 10.1. The third kappa shape index (κ3) is 3.07. The number of benzene rings is 1. The summed E-state index contributed by atoms with van der Waals surface area (Å²) in [4.78, 5) is 10.4. The van der Waals surface area contributed by atoms with E-state index in [2.05, 4.69) is 0 Å². The first-order chi connectivity index (χ1) is 7.99. The second-order valence-electron chi connectivity index (χ2n) is 3.78. The van der Waals surface area contributed by atoms with Gasteiger partial charge in [0, 0.05) is 11.6 Å². The van der Waals surface area contributed by atoms with E-state index >= 15 is 0 Å². The molecule has 0 aliphatic heterocycles. The Hall–Kier alpha value is -1.82. The molecule has 1 aromatic carbocycles. The SMILES string of the molecule is COc1cc(CC(C)N)c(OC)c([N+](=O)[O-])c1. The molecule has 17 heavy (non-hydrogen) atoms. The fraction of sp³-hybridized carbons (Fsp3) is 0.455. The predicted molar refractivity (Wildman–Crippen MR) is 63.6 cm³/mol. The lowest BCUT2D eigenvalue weighted by Gasteiger charge is -2.12. The molecule has 0 bridgehead atoms. The van der Waals surface area contributed by atoms with E-state index in [0.717, 1.165) is 0 Å². The highest BCUT2D eigenvalue weighted by Crippen LogP contribution is 2.35. The Morgan fingerprint density at radius 1 is 1.41 bits per heavy atom. The van der Waals surface area contributed by atoms with Crippen molar-refractivity contribution in [3.05, 3.63) is 27.8 Å². The molecule has 1 rings (SSSR count). The van der Waals surface area contributed by atoms with Crippen molar-refractivity contribution in [3.8, 4) is 11.5 Å². The summed E-state index contributed by atoms with van der Waals surface area (Å²) >= 11 is 0. The molecule has 0 saturated carbocycles. The molecule has 94 valence electrons. The zero-order valence-corrected chi connectivity index (χ0v) is 10.1. The molecule has 0 radical (unpaired) electrons. The Balaban J connectivity index is 3.33. The van der Waals surface area contributed by atoms with Crippen molar-refractivity contribution in [2.24, 2.45) is 5.73 Å². The Labute approximate surface area is 99.5 Å². The molecule has 1 unspecified atom stereocenters. The maximum absolute atomic E-state index is 10.9. The molecule has 0 aliphatic rings. The average molecular weight is 240 g/mol. The van der Waals surface area contributed by atoms with Crippen LogP contribution in [0.25, 0.3) is 0 Å². The minimum absolute atomic E-state index is 0.109. The van der Waals surface area contributed by atoms with Crippen LogP contribution in [-0.2, 0) is 6.42 Å². The van der Waals surface area contributed by atoms with Gasteiger partial charge in [-0.15, -0.1) is 0 Å². The topological polar surface area (TPSA) is 87.6 Å². The fourth-order valence-corrected chi connectivity index (χ4v) is 1.63. The number of nitrogens with zero attached hydrogens (tertiary/aromatic N) is 1. The van der Waals surface area contributed by atoms with Crippen LogP contribution < -0.4 is 15.2 Å². The van der Waals surface area contributed by atoms with Crippen LogP contribution in [0.4, 0.5) is 5.69 Å². The van der Waals surface area contributed by atoms with Gasteiger partial charge in [0.1, 0.15) is 5.75 Å². The molecular weight excluding hydrogens is 224 g/mol. The van der Waals surface area contributed by atoms with Gasteiger partial charge in [0.2, 0.25) is 0 Å². The predicted octanol–water partition coefficient (Wildman–Crippen LogP) is 1.50. The van der Waals surface area contributed by atoms with Crippen molar-refractivity contribution < 1.29 is 14.4 Å². The van der Waals surface area contributed by atoms with Crippen LogP contribution >= 0.6 is 0 Å². The largest absolute Gasteiger partial charge is 0.496 e. The second kappa shape index (κ2) is 5.49. The smallest absolute Gasteiger partial charge is 0.314 e. The van der Waals surface area contributed by atoms with E-state index in [9.17, 15) is 10.1 Å². The van der Waals surface area contributed by atoms with E-state index in [4.69, 9.17) is 15.2 Å². The van der Waals surface area contributed by atoms with Crippen molar-refractivity contribution in [3.63, 3.8) is 0 Å². The molecule has 0 spiro atoms. The number of rotatable bonds is 5. The summed E-state index contributed by atoms with van der Waals surface area (Å²) in [6, 6.07) is 2.93. The molecule has 1 aromatic rings.